The summed E-state index contributed by atoms with van der Waals surface area (Å²) in [6.07, 6.45) is 0. The van der Waals surface area contributed by atoms with Crippen molar-refractivity contribution in [2.24, 2.45) is 0 Å². The number of anilines is 2. The van der Waals surface area contributed by atoms with Gasteiger partial charge < -0.3 is 0 Å². The maximum atomic E-state index is 12.9. The predicted octanol–water partition coefficient (Wildman–Crippen LogP) is 4.90. The van der Waals surface area contributed by atoms with Gasteiger partial charge in [0.1, 0.15) is 5.82 Å². The molecule has 3 heterocycles. The molecule has 0 aliphatic heterocycles. The first-order valence-corrected chi connectivity index (χ1v) is 13.4. The summed E-state index contributed by atoms with van der Waals surface area (Å²) in [5, 5.41) is 12.8. The van der Waals surface area contributed by atoms with Crippen LogP contribution in [-0.2, 0) is 12.0 Å². The van der Waals surface area contributed by atoms with Crippen LogP contribution in [0, 0.1) is 0 Å². The number of H-pyrrole nitrogens is 1. The van der Waals surface area contributed by atoms with Crippen molar-refractivity contribution in [3.05, 3.63) is 97.5 Å². The van der Waals surface area contributed by atoms with Gasteiger partial charge in [-0.1, -0.05) is 63.2 Å². The van der Waals surface area contributed by atoms with Crippen LogP contribution in [0.1, 0.15) is 32.0 Å². The lowest BCUT2D eigenvalue weighted by atomic mass is 9.92. The van der Waals surface area contributed by atoms with E-state index in [2.05, 4.69) is 20.6 Å². The first kappa shape index (κ1) is 25.4. The Labute approximate surface area is 225 Å². The molecule has 194 valence electrons. The molecule has 0 spiro atoms. The van der Waals surface area contributed by atoms with Gasteiger partial charge in [-0.3, -0.25) is 20.4 Å². The molecule has 38 heavy (non-hydrogen) atoms. The molecule has 5 aromatic rings. The van der Waals surface area contributed by atoms with Crippen LogP contribution in [0.3, 0.4) is 0 Å². The maximum absolute atomic E-state index is 12.9. The number of amides is 2. The Morgan fingerprint density at radius 2 is 1.76 bits per heavy atom. The third kappa shape index (κ3) is 5.66. The Morgan fingerprint density at radius 1 is 1.03 bits per heavy atom. The van der Waals surface area contributed by atoms with Crippen molar-refractivity contribution in [2.75, 3.05) is 10.6 Å². The summed E-state index contributed by atoms with van der Waals surface area (Å²) in [4.78, 5) is 42.5. The molecular weight excluding hydrogens is 522 g/mol. The normalized spacial score (nSPS) is 11.4. The fourth-order valence-corrected chi connectivity index (χ4v) is 5.07. The highest BCUT2D eigenvalue weighted by Crippen LogP contribution is 2.28. The number of aromatic nitrogens is 5. The molecule has 0 aliphatic carbocycles. The van der Waals surface area contributed by atoms with E-state index in [0.29, 0.717) is 10.9 Å². The van der Waals surface area contributed by atoms with E-state index < -0.39 is 11.7 Å². The molecule has 0 saturated carbocycles. The Balaban J connectivity index is 1.36. The van der Waals surface area contributed by atoms with Crippen LogP contribution >= 0.6 is 22.9 Å². The molecule has 12 heteroatoms. The summed E-state index contributed by atoms with van der Waals surface area (Å²) < 4.78 is 3.03. The van der Waals surface area contributed by atoms with Gasteiger partial charge in [-0.25, -0.2) is 23.2 Å². The molecule has 0 bridgehead atoms. The number of thiazole rings is 1. The summed E-state index contributed by atoms with van der Waals surface area (Å²) in [6, 6.07) is 18.6. The molecule has 5 rings (SSSR count). The number of nitrogens with zero attached hydrogens (tertiary/aromatic N) is 4. The van der Waals surface area contributed by atoms with Crippen molar-refractivity contribution < 1.29 is 4.79 Å². The van der Waals surface area contributed by atoms with E-state index in [4.69, 9.17) is 5.10 Å². The molecule has 0 unspecified atom stereocenters. The minimum Gasteiger partial charge on any atom is -0.292 e. The standard InChI is InChI=1S/C26H25N7O3S2/c1-26(2,3)20-13-21(28-22(34)29-23-27-19(15-37-23)17-7-5-4-6-8-17)33(31-20)18-11-9-16(10-12-18)14-32-24(35)30-25(36)38-32/h4-13,15H,14H2,1-3H3,(H,30,35,36)(H2,27,28,29,34). The first-order valence-electron chi connectivity index (χ1n) is 11.7. The van der Waals surface area contributed by atoms with E-state index in [9.17, 15) is 14.4 Å². The summed E-state index contributed by atoms with van der Waals surface area (Å²) in [5.74, 6) is 0.500. The second-order valence-electron chi connectivity index (χ2n) is 9.57. The molecule has 0 atom stereocenters. The number of carbonyl (C=O) groups is 1. The number of nitrogens with one attached hydrogen (secondary N) is 3. The lowest BCUT2D eigenvalue weighted by Crippen LogP contribution is -2.21. The topological polar surface area (TPSA) is 127 Å². The Kier molecular flexibility index (Phi) is 6.83. The van der Waals surface area contributed by atoms with Gasteiger partial charge in [0.25, 0.3) is 0 Å². The van der Waals surface area contributed by atoms with Crippen molar-refractivity contribution in [1.82, 2.24) is 23.7 Å². The van der Waals surface area contributed by atoms with Crippen molar-refractivity contribution in [1.29, 1.82) is 0 Å². The fraction of sp³-hybridized carbons (Fsp3) is 0.192. The second kappa shape index (κ2) is 10.2. The number of carbonyl (C=O) groups excluding carboxylic acids is 1. The van der Waals surface area contributed by atoms with E-state index in [1.54, 1.807) is 4.68 Å². The van der Waals surface area contributed by atoms with Gasteiger partial charge in [-0.2, -0.15) is 5.10 Å². The second-order valence-corrected chi connectivity index (χ2v) is 11.4. The zero-order valence-electron chi connectivity index (χ0n) is 20.9. The quantitative estimate of drug-likeness (QED) is 0.279. The van der Waals surface area contributed by atoms with Gasteiger partial charge in [0.15, 0.2) is 5.13 Å². The fourth-order valence-electron chi connectivity index (χ4n) is 3.68. The van der Waals surface area contributed by atoms with Gasteiger partial charge in [0.2, 0.25) is 0 Å². The molecule has 0 aliphatic rings. The van der Waals surface area contributed by atoms with E-state index in [0.717, 1.165) is 39.7 Å². The van der Waals surface area contributed by atoms with E-state index in [1.165, 1.54) is 15.3 Å². The molecule has 0 radical (unpaired) electrons. The molecule has 2 amide bonds. The van der Waals surface area contributed by atoms with Crippen LogP contribution in [-0.4, -0.2) is 29.7 Å². The van der Waals surface area contributed by atoms with Gasteiger partial charge >= 0.3 is 16.6 Å². The van der Waals surface area contributed by atoms with Crippen LogP contribution < -0.4 is 21.2 Å². The van der Waals surface area contributed by atoms with Gasteiger partial charge in [-0.15, -0.1) is 11.3 Å². The Bertz CT molecular complexity index is 1690. The zero-order chi connectivity index (χ0) is 26.9. The third-order valence-electron chi connectivity index (χ3n) is 5.65. The molecule has 0 saturated heterocycles. The van der Waals surface area contributed by atoms with Gasteiger partial charge in [-0.05, 0) is 17.7 Å². The molecule has 2 aromatic carbocycles. The van der Waals surface area contributed by atoms with Crippen molar-refractivity contribution in [3.63, 3.8) is 0 Å². The minimum absolute atomic E-state index is 0.245. The van der Waals surface area contributed by atoms with E-state index >= 15 is 0 Å². The number of rotatable bonds is 6. The number of benzene rings is 2. The predicted molar refractivity (Wildman–Crippen MR) is 151 cm³/mol. The highest BCUT2D eigenvalue weighted by molar-refractivity contribution is 7.14. The lowest BCUT2D eigenvalue weighted by molar-refractivity contribution is 0.262. The van der Waals surface area contributed by atoms with Crippen molar-refractivity contribution >= 4 is 39.8 Å². The maximum Gasteiger partial charge on any atom is 0.338 e. The number of hydrogen-bond donors (Lipinski definition) is 3. The molecule has 10 nitrogen and oxygen atoms in total. The summed E-state index contributed by atoms with van der Waals surface area (Å²) in [7, 11) is 0. The van der Waals surface area contributed by atoms with Crippen LogP contribution in [0.5, 0.6) is 0 Å². The number of aromatic amines is 1. The highest BCUT2D eigenvalue weighted by Gasteiger charge is 2.22. The minimum atomic E-state index is -0.432. The van der Waals surface area contributed by atoms with Gasteiger partial charge in [0, 0.05) is 34.0 Å². The third-order valence-corrected chi connectivity index (χ3v) is 7.19. The molecule has 3 N–H and O–H groups in total. The van der Waals surface area contributed by atoms with Crippen LogP contribution in [0.25, 0.3) is 16.9 Å². The summed E-state index contributed by atoms with van der Waals surface area (Å²) in [5.41, 5.74) is 3.48. The SMILES string of the molecule is CC(C)(C)c1cc(NC(=O)Nc2nc(-c3ccccc3)cs2)n(-c2ccc(Cn3sc(=O)[nH]c3=O)cc2)n1. The average Bonchev–Trinajstić information content (AvgIpc) is 3.59. The smallest absolute Gasteiger partial charge is 0.292 e. The number of urea groups is 1. The van der Waals surface area contributed by atoms with Crippen molar-refractivity contribution in [2.45, 2.75) is 32.7 Å². The Morgan fingerprint density at radius 3 is 2.42 bits per heavy atom. The van der Waals surface area contributed by atoms with Crippen LogP contribution in [0.15, 0.2) is 75.6 Å². The highest BCUT2D eigenvalue weighted by atomic mass is 32.1. The Hall–Kier alpha value is -4.29. The van der Waals surface area contributed by atoms with Crippen molar-refractivity contribution in [3.8, 4) is 16.9 Å². The molecule has 0 fully saturated rings. The molecular formula is C26H25N7O3S2. The summed E-state index contributed by atoms with van der Waals surface area (Å²) >= 11 is 2.19. The van der Waals surface area contributed by atoms with Crippen LogP contribution in [0.4, 0.5) is 15.7 Å². The van der Waals surface area contributed by atoms with E-state index in [1.807, 2.05) is 86.8 Å². The number of hydrogen-bond acceptors (Lipinski definition) is 7. The summed E-state index contributed by atoms with van der Waals surface area (Å²) in [6.45, 7) is 6.43. The van der Waals surface area contributed by atoms with E-state index in [-0.39, 0.29) is 16.8 Å². The van der Waals surface area contributed by atoms with Crippen LogP contribution in [0.2, 0.25) is 0 Å². The lowest BCUT2D eigenvalue weighted by Gasteiger charge is -2.14. The molecule has 3 aromatic heterocycles. The first-order chi connectivity index (χ1) is 18.2. The van der Waals surface area contributed by atoms with Gasteiger partial charge in [0.05, 0.1) is 23.6 Å². The zero-order valence-corrected chi connectivity index (χ0v) is 22.5. The monoisotopic (exact) mass is 547 g/mol. The average molecular weight is 548 g/mol. The largest absolute Gasteiger partial charge is 0.338 e.